The quantitative estimate of drug-likeness (QED) is 0.753. The van der Waals surface area contributed by atoms with Crippen molar-refractivity contribution < 1.29 is 14.3 Å². The zero-order valence-corrected chi connectivity index (χ0v) is 13.8. The van der Waals surface area contributed by atoms with E-state index >= 15 is 0 Å². The van der Waals surface area contributed by atoms with Crippen LogP contribution < -0.4 is 10.6 Å². The third kappa shape index (κ3) is 6.99. The van der Waals surface area contributed by atoms with Gasteiger partial charge < -0.3 is 20.3 Å². The van der Waals surface area contributed by atoms with E-state index < -0.39 is 0 Å². The van der Waals surface area contributed by atoms with Crippen LogP contribution in [0.15, 0.2) is 24.3 Å². The summed E-state index contributed by atoms with van der Waals surface area (Å²) in [6.07, 6.45) is 2.47. The van der Waals surface area contributed by atoms with Crippen LogP contribution in [0.4, 0.5) is 5.69 Å². The highest BCUT2D eigenvalue weighted by Gasteiger charge is 2.11. The summed E-state index contributed by atoms with van der Waals surface area (Å²) in [5, 5.41) is 6.05. The van der Waals surface area contributed by atoms with Crippen LogP contribution in [-0.2, 0) is 14.3 Å². The number of halogens is 1. The van der Waals surface area contributed by atoms with Crippen molar-refractivity contribution in [2.24, 2.45) is 0 Å². The summed E-state index contributed by atoms with van der Waals surface area (Å²) in [4.78, 5) is 25.6. The number of nitrogens with zero attached hydrogens (tertiary/aromatic N) is 1. The number of rotatable bonds is 8. The average Bonchev–Trinajstić information content (AvgIpc) is 3.03. The maximum atomic E-state index is 11.7. The summed E-state index contributed by atoms with van der Waals surface area (Å²) in [6.45, 7) is 3.41. The van der Waals surface area contributed by atoms with Crippen molar-refractivity contribution >= 4 is 29.1 Å². The molecule has 23 heavy (non-hydrogen) atoms. The van der Waals surface area contributed by atoms with Crippen molar-refractivity contribution in [1.82, 2.24) is 10.2 Å². The summed E-state index contributed by atoms with van der Waals surface area (Å²) in [5.41, 5.74) is 0.637. The topological polar surface area (TPSA) is 70.7 Å². The number of amides is 2. The number of ether oxygens (including phenoxy) is 1. The van der Waals surface area contributed by atoms with E-state index in [1.165, 1.54) is 12.8 Å². The van der Waals surface area contributed by atoms with Crippen LogP contribution in [0.3, 0.4) is 0 Å². The minimum Gasteiger partial charge on any atom is -0.362 e. The normalized spacial score (nSPS) is 14.7. The molecule has 1 aromatic carbocycles. The van der Waals surface area contributed by atoms with Gasteiger partial charge in [-0.3, -0.25) is 9.59 Å². The molecule has 0 unspecified atom stereocenters. The lowest BCUT2D eigenvalue weighted by Crippen LogP contribution is -2.35. The largest absolute Gasteiger partial charge is 0.362 e. The number of benzene rings is 1. The third-order valence-corrected chi connectivity index (χ3v) is 3.80. The van der Waals surface area contributed by atoms with Gasteiger partial charge in [0.25, 0.3) is 0 Å². The van der Waals surface area contributed by atoms with Crippen LogP contribution in [0.1, 0.15) is 12.8 Å². The number of nitrogens with one attached hydrogen (secondary N) is 2. The fourth-order valence-corrected chi connectivity index (χ4v) is 2.50. The Morgan fingerprint density at radius 3 is 2.43 bits per heavy atom. The molecule has 1 saturated heterocycles. The molecule has 0 saturated carbocycles. The zero-order valence-electron chi connectivity index (χ0n) is 13.0. The fraction of sp³-hybridized carbons (Fsp3) is 0.500. The van der Waals surface area contributed by atoms with E-state index in [1.807, 2.05) is 0 Å². The summed E-state index contributed by atoms with van der Waals surface area (Å²) in [7, 11) is 0. The Hall–Kier alpha value is -1.63. The van der Waals surface area contributed by atoms with Crippen LogP contribution in [-0.4, -0.2) is 56.1 Å². The van der Waals surface area contributed by atoms with Gasteiger partial charge in [0.15, 0.2) is 0 Å². The molecular formula is C16H22ClN3O3. The molecule has 0 aromatic heterocycles. The van der Waals surface area contributed by atoms with Crippen molar-refractivity contribution in [2.45, 2.75) is 12.8 Å². The van der Waals surface area contributed by atoms with E-state index in [2.05, 4.69) is 15.5 Å². The van der Waals surface area contributed by atoms with Crippen LogP contribution >= 0.6 is 11.6 Å². The number of hydrogen-bond donors (Lipinski definition) is 2. The van der Waals surface area contributed by atoms with E-state index in [9.17, 15) is 9.59 Å². The first-order valence-electron chi connectivity index (χ1n) is 7.76. The van der Waals surface area contributed by atoms with Gasteiger partial charge in [-0.15, -0.1) is 0 Å². The highest BCUT2D eigenvalue weighted by Crippen LogP contribution is 2.13. The van der Waals surface area contributed by atoms with Crippen molar-refractivity contribution in [3.63, 3.8) is 0 Å². The predicted molar refractivity (Wildman–Crippen MR) is 89.6 cm³/mol. The number of carbonyl (C=O) groups is 2. The second kappa shape index (κ2) is 9.50. The molecule has 0 aliphatic carbocycles. The van der Waals surface area contributed by atoms with Crippen molar-refractivity contribution in [3.8, 4) is 0 Å². The lowest BCUT2D eigenvalue weighted by Gasteiger charge is -2.14. The molecule has 1 heterocycles. The lowest BCUT2D eigenvalue weighted by molar-refractivity contribution is -0.128. The van der Waals surface area contributed by atoms with Gasteiger partial charge in [0.1, 0.15) is 13.2 Å². The monoisotopic (exact) mass is 339 g/mol. The maximum Gasteiger partial charge on any atom is 0.250 e. The molecular weight excluding hydrogens is 318 g/mol. The Bertz CT molecular complexity index is 516. The number of carbonyl (C=O) groups excluding carboxylic acids is 2. The summed E-state index contributed by atoms with van der Waals surface area (Å²) >= 11 is 5.76. The number of hydrogen-bond acceptors (Lipinski definition) is 4. The van der Waals surface area contributed by atoms with Gasteiger partial charge in [0.2, 0.25) is 11.8 Å². The van der Waals surface area contributed by atoms with Crippen LogP contribution in [0.2, 0.25) is 5.02 Å². The Balaban J connectivity index is 1.53. The number of likely N-dealkylation sites (tertiary alicyclic amines) is 1. The van der Waals surface area contributed by atoms with Crippen molar-refractivity contribution in [2.75, 3.05) is 44.7 Å². The molecule has 1 aliphatic rings. The van der Waals surface area contributed by atoms with E-state index in [-0.39, 0.29) is 25.0 Å². The maximum absolute atomic E-state index is 11.7. The van der Waals surface area contributed by atoms with E-state index in [0.29, 0.717) is 17.3 Å². The molecule has 1 fully saturated rings. The predicted octanol–water partition coefficient (Wildman–Crippen LogP) is 1.51. The molecule has 2 rings (SSSR count). The minimum absolute atomic E-state index is 0.117. The van der Waals surface area contributed by atoms with Gasteiger partial charge in [-0.25, -0.2) is 0 Å². The Morgan fingerprint density at radius 1 is 1.09 bits per heavy atom. The van der Waals surface area contributed by atoms with E-state index in [4.69, 9.17) is 16.3 Å². The van der Waals surface area contributed by atoms with Gasteiger partial charge in [-0.05, 0) is 50.2 Å². The van der Waals surface area contributed by atoms with Crippen LogP contribution in [0, 0.1) is 0 Å². The van der Waals surface area contributed by atoms with Crippen LogP contribution in [0.25, 0.3) is 0 Å². The van der Waals surface area contributed by atoms with Crippen molar-refractivity contribution in [3.05, 3.63) is 29.3 Å². The van der Waals surface area contributed by atoms with Crippen molar-refractivity contribution in [1.29, 1.82) is 0 Å². The van der Waals surface area contributed by atoms with Gasteiger partial charge in [0.05, 0.1) is 0 Å². The fourth-order valence-electron chi connectivity index (χ4n) is 2.38. The highest BCUT2D eigenvalue weighted by atomic mass is 35.5. The minimum atomic E-state index is -0.308. The first kappa shape index (κ1) is 17.7. The molecule has 1 aliphatic heterocycles. The SMILES string of the molecule is O=C(COCC(=O)Nc1ccc(Cl)cc1)NCCN1CCCC1. The molecule has 0 spiro atoms. The average molecular weight is 340 g/mol. The van der Waals surface area contributed by atoms with Gasteiger partial charge >= 0.3 is 0 Å². The van der Waals surface area contributed by atoms with E-state index in [0.717, 1.165) is 19.6 Å². The summed E-state index contributed by atoms with van der Waals surface area (Å²) in [6, 6.07) is 6.77. The molecule has 0 radical (unpaired) electrons. The highest BCUT2D eigenvalue weighted by molar-refractivity contribution is 6.30. The first-order valence-corrected chi connectivity index (χ1v) is 8.13. The molecule has 2 amide bonds. The zero-order chi connectivity index (χ0) is 16.5. The molecule has 2 N–H and O–H groups in total. The Labute approximate surface area is 141 Å². The Morgan fingerprint density at radius 2 is 1.74 bits per heavy atom. The molecule has 1 aromatic rings. The summed E-state index contributed by atoms with van der Waals surface area (Å²) < 4.78 is 5.11. The second-order valence-electron chi connectivity index (χ2n) is 5.45. The molecule has 6 nitrogen and oxygen atoms in total. The van der Waals surface area contributed by atoms with Gasteiger partial charge in [0, 0.05) is 23.8 Å². The standard InChI is InChI=1S/C16H22ClN3O3/c17-13-3-5-14(6-4-13)19-16(22)12-23-11-15(21)18-7-10-20-8-1-2-9-20/h3-6H,1-2,7-12H2,(H,18,21)(H,19,22). The Kier molecular flexibility index (Phi) is 7.32. The van der Waals surface area contributed by atoms with Gasteiger partial charge in [-0.2, -0.15) is 0 Å². The first-order chi connectivity index (χ1) is 11.1. The van der Waals surface area contributed by atoms with Gasteiger partial charge in [-0.1, -0.05) is 11.6 Å². The van der Waals surface area contributed by atoms with Crippen LogP contribution in [0.5, 0.6) is 0 Å². The second-order valence-corrected chi connectivity index (χ2v) is 5.88. The molecule has 126 valence electrons. The lowest BCUT2D eigenvalue weighted by atomic mass is 10.3. The summed E-state index contributed by atoms with van der Waals surface area (Å²) in [5.74, 6) is -0.513. The smallest absolute Gasteiger partial charge is 0.250 e. The molecule has 7 heteroatoms. The molecule has 0 bridgehead atoms. The third-order valence-electron chi connectivity index (χ3n) is 3.54. The number of anilines is 1. The molecule has 0 atom stereocenters. The van der Waals surface area contributed by atoms with E-state index in [1.54, 1.807) is 24.3 Å².